The van der Waals surface area contributed by atoms with Gasteiger partial charge in [-0.2, -0.15) is 0 Å². The summed E-state index contributed by atoms with van der Waals surface area (Å²) < 4.78 is 4.88. The van der Waals surface area contributed by atoms with Gasteiger partial charge in [-0.15, -0.1) is 0 Å². The first-order chi connectivity index (χ1) is 9.56. The van der Waals surface area contributed by atoms with Gasteiger partial charge in [-0.1, -0.05) is 12.1 Å². The van der Waals surface area contributed by atoms with Crippen molar-refractivity contribution in [3.05, 3.63) is 29.3 Å². The molecule has 6 heteroatoms. The Kier molecular flexibility index (Phi) is 4.70. The smallest absolute Gasteiger partial charge is 0.329 e. The van der Waals surface area contributed by atoms with E-state index in [-0.39, 0.29) is 12.5 Å². The number of carboxylic acid groups (broad SMARTS) is 1. The first-order valence-electron chi connectivity index (χ1n) is 6.46. The number of ether oxygens (including phenoxy) is 1. The summed E-state index contributed by atoms with van der Waals surface area (Å²) in [5.74, 6) is -1.07. The maximum atomic E-state index is 11.4. The molecule has 0 saturated carbocycles. The fourth-order valence-electron chi connectivity index (χ4n) is 2.16. The molecule has 3 N–H and O–H groups in total. The third kappa shape index (κ3) is 3.79. The molecule has 0 aliphatic carbocycles. The van der Waals surface area contributed by atoms with Gasteiger partial charge in [-0.3, -0.25) is 4.79 Å². The molecule has 0 bridgehead atoms. The van der Waals surface area contributed by atoms with Crippen LogP contribution in [0, 0.1) is 0 Å². The Morgan fingerprint density at radius 1 is 1.40 bits per heavy atom. The molecule has 1 heterocycles. The number of aliphatic hydroxyl groups excluding tert-OH is 1. The van der Waals surface area contributed by atoms with Gasteiger partial charge in [0.2, 0.25) is 5.91 Å². The van der Waals surface area contributed by atoms with Crippen molar-refractivity contribution in [2.75, 3.05) is 18.5 Å². The van der Waals surface area contributed by atoms with Gasteiger partial charge >= 0.3 is 5.97 Å². The average Bonchev–Trinajstić information content (AvgIpc) is 2.57. The van der Waals surface area contributed by atoms with Gasteiger partial charge in [-0.05, 0) is 30.0 Å². The van der Waals surface area contributed by atoms with Gasteiger partial charge in [0.1, 0.15) is 12.7 Å². The molecular weight excluding hydrogens is 262 g/mol. The highest BCUT2D eigenvalue weighted by molar-refractivity contribution is 5.92. The minimum atomic E-state index is -1.07. The average molecular weight is 279 g/mol. The van der Waals surface area contributed by atoms with Crippen LogP contribution in [0.2, 0.25) is 0 Å². The van der Waals surface area contributed by atoms with Crippen LogP contribution < -0.4 is 5.32 Å². The molecular formula is C14H17NO5. The third-order valence-corrected chi connectivity index (χ3v) is 3.14. The summed E-state index contributed by atoms with van der Waals surface area (Å²) in [6.07, 6.45) is 1.16. The number of aryl methyl sites for hydroxylation is 1. The summed E-state index contributed by atoms with van der Waals surface area (Å²) in [7, 11) is 0. The number of rotatable bonds is 5. The molecule has 0 spiro atoms. The number of carboxylic acids is 1. The van der Waals surface area contributed by atoms with Gasteiger partial charge < -0.3 is 20.3 Å². The molecule has 0 aromatic heterocycles. The Morgan fingerprint density at radius 2 is 2.20 bits per heavy atom. The number of aliphatic carboxylic acids is 1. The number of hydrogen-bond acceptors (Lipinski definition) is 4. The summed E-state index contributed by atoms with van der Waals surface area (Å²) in [6.45, 7) is -0.504. The summed E-state index contributed by atoms with van der Waals surface area (Å²) in [5, 5.41) is 21.2. The van der Waals surface area contributed by atoms with E-state index in [9.17, 15) is 14.7 Å². The van der Waals surface area contributed by atoms with Gasteiger partial charge in [0, 0.05) is 12.1 Å². The minimum Gasteiger partial charge on any atom is -0.480 e. The van der Waals surface area contributed by atoms with E-state index in [0.29, 0.717) is 12.0 Å². The van der Waals surface area contributed by atoms with Crippen LogP contribution >= 0.6 is 0 Å². The summed E-state index contributed by atoms with van der Waals surface area (Å²) in [4.78, 5) is 21.8. The Hall–Kier alpha value is -1.92. The maximum Gasteiger partial charge on any atom is 0.329 e. The van der Waals surface area contributed by atoms with Gasteiger partial charge in [0.05, 0.1) is 6.61 Å². The molecule has 1 unspecified atom stereocenters. The second-order valence-corrected chi connectivity index (χ2v) is 4.74. The van der Waals surface area contributed by atoms with Gasteiger partial charge in [-0.25, -0.2) is 4.79 Å². The number of aliphatic hydroxyl groups is 1. The molecule has 1 amide bonds. The van der Waals surface area contributed by atoms with E-state index in [0.717, 1.165) is 24.1 Å². The zero-order valence-electron chi connectivity index (χ0n) is 11.0. The van der Waals surface area contributed by atoms with Crippen molar-refractivity contribution in [3.8, 4) is 0 Å². The van der Waals surface area contributed by atoms with E-state index in [1.54, 1.807) is 12.1 Å². The lowest BCUT2D eigenvalue weighted by Crippen LogP contribution is -2.13. The minimum absolute atomic E-state index is 0.00170. The second kappa shape index (κ2) is 6.49. The Morgan fingerprint density at radius 3 is 2.95 bits per heavy atom. The fraction of sp³-hybridized carbons (Fsp3) is 0.429. The second-order valence-electron chi connectivity index (χ2n) is 4.74. The van der Waals surface area contributed by atoms with E-state index in [4.69, 9.17) is 9.84 Å². The quantitative estimate of drug-likeness (QED) is 0.750. The van der Waals surface area contributed by atoms with E-state index < -0.39 is 18.7 Å². The molecule has 108 valence electrons. The molecule has 1 aliphatic heterocycles. The summed E-state index contributed by atoms with van der Waals surface area (Å²) in [6, 6.07) is 5.29. The largest absolute Gasteiger partial charge is 0.480 e. The van der Waals surface area contributed by atoms with Crippen LogP contribution in [-0.4, -0.2) is 35.3 Å². The SMILES string of the molecule is O=C(O)COCC(O)c1ccc2c(c1)CCCC(=O)N2. The van der Waals surface area contributed by atoms with Crippen LogP contribution in [0.3, 0.4) is 0 Å². The number of carbonyl (C=O) groups is 2. The Bertz CT molecular complexity index is 514. The molecule has 1 aliphatic rings. The number of benzene rings is 1. The van der Waals surface area contributed by atoms with Crippen molar-refractivity contribution >= 4 is 17.6 Å². The number of fused-ring (bicyclic) bond motifs is 1. The van der Waals surface area contributed by atoms with Crippen LogP contribution in [0.15, 0.2) is 18.2 Å². The van der Waals surface area contributed by atoms with E-state index in [2.05, 4.69) is 5.32 Å². The van der Waals surface area contributed by atoms with Crippen molar-refractivity contribution in [1.29, 1.82) is 0 Å². The zero-order valence-corrected chi connectivity index (χ0v) is 11.0. The molecule has 2 rings (SSSR count). The van der Waals surface area contributed by atoms with Crippen molar-refractivity contribution in [1.82, 2.24) is 0 Å². The highest BCUT2D eigenvalue weighted by atomic mass is 16.5. The lowest BCUT2D eigenvalue weighted by Gasteiger charge is -2.14. The Labute approximate surface area is 116 Å². The number of carbonyl (C=O) groups excluding carboxylic acids is 1. The maximum absolute atomic E-state index is 11.4. The molecule has 1 aromatic rings. The monoisotopic (exact) mass is 279 g/mol. The third-order valence-electron chi connectivity index (χ3n) is 3.14. The summed E-state index contributed by atoms with van der Waals surface area (Å²) in [5.41, 5.74) is 2.41. The number of amides is 1. The lowest BCUT2D eigenvalue weighted by molar-refractivity contribution is -0.143. The Balaban J connectivity index is 2.04. The normalized spacial score (nSPS) is 15.9. The molecule has 1 atom stereocenters. The highest BCUT2D eigenvalue weighted by Crippen LogP contribution is 2.25. The van der Waals surface area contributed by atoms with Crippen LogP contribution in [-0.2, 0) is 20.7 Å². The van der Waals surface area contributed by atoms with Crippen LogP contribution in [0.25, 0.3) is 0 Å². The number of hydrogen-bond donors (Lipinski definition) is 3. The van der Waals surface area contributed by atoms with Gasteiger partial charge in [0.25, 0.3) is 0 Å². The zero-order chi connectivity index (χ0) is 14.5. The highest BCUT2D eigenvalue weighted by Gasteiger charge is 2.15. The van der Waals surface area contributed by atoms with Crippen LogP contribution in [0.4, 0.5) is 5.69 Å². The first-order valence-corrected chi connectivity index (χ1v) is 6.46. The van der Waals surface area contributed by atoms with Crippen LogP contribution in [0.1, 0.15) is 30.1 Å². The fourth-order valence-corrected chi connectivity index (χ4v) is 2.16. The molecule has 20 heavy (non-hydrogen) atoms. The van der Waals surface area contributed by atoms with Crippen LogP contribution in [0.5, 0.6) is 0 Å². The van der Waals surface area contributed by atoms with Crippen molar-refractivity contribution in [2.24, 2.45) is 0 Å². The van der Waals surface area contributed by atoms with E-state index in [1.165, 1.54) is 0 Å². The number of nitrogens with one attached hydrogen (secondary N) is 1. The van der Waals surface area contributed by atoms with Crippen molar-refractivity contribution in [3.63, 3.8) is 0 Å². The van der Waals surface area contributed by atoms with E-state index in [1.807, 2.05) is 6.07 Å². The first kappa shape index (κ1) is 14.5. The van der Waals surface area contributed by atoms with E-state index >= 15 is 0 Å². The number of anilines is 1. The molecule has 1 aromatic carbocycles. The predicted octanol–water partition coefficient (Wildman–Crippen LogP) is 1.10. The predicted molar refractivity (Wildman–Crippen MR) is 71.4 cm³/mol. The molecule has 0 saturated heterocycles. The topological polar surface area (TPSA) is 95.9 Å². The summed E-state index contributed by atoms with van der Waals surface area (Å²) >= 11 is 0. The molecule has 0 fully saturated rings. The van der Waals surface area contributed by atoms with Gasteiger partial charge in [0.15, 0.2) is 0 Å². The molecule has 0 radical (unpaired) electrons. The van der Waals surface area contributed by atoms with Crippen molar-refractivity contribution < 1.29 is 24.5 Å². The standard InChI is InChI=1S/C14H17NO5/c16-12(7-20-8-14(18)19)10-4-5-11-9(6-10)2-1-3-13(17)15-11/h4-6,12,16H,1-3,7-8H2,(H,15,17)(H,18,19). The van der Waals surface area contributed by atoms with Crippen molar-refractivity contribution in [2.45, 2.75) is 25.4 Å². The molecule has 6 nitrogen and oxygen atoms in total. The lowest BCUT2D eigenvalue weighted by atomic mass is 10.0.